The molecule has 24 heavy (non-hydrogen) atoms. The minimum atomic E-state index is -1.24. The molecule has 0 bridgehead atoms. The average Bonchev–Trinajstić information content (AvgIpc) is 3.02. The lowest BCUT2D eigenvalue weighted by Crippen LogP contribution is -1.96. The molecule has 0 radical (unpaired) electrons. The van der Waals surface area contributed by atoms with Crippen molar-refractivity contribution in [2.24, 2.45) is 0 Å². The third kappa shape index (κ3) is 2.16. The number of hydrogen-bond donors (Lipinski definition) is 1. The van der Waals surface area contributed by atoms with Crippen LogP contribution in [0.15, 0.2) is 36.4 Å². The van der Waals surface area contributed by atoms with E-state index in [2.05, 4.69) is 16.6 Å². The van der Waals surface area contributed by atoms with Crippen molar-refractivity contribution in [2.75, 3.05) is 0 Å². The second-order valence-corrected chi connectivity index (χ2v) is 5.25. The molecule has 1 N–H and O–H groups in total. The van der Waals surface area contributed by atoms with Gasteiger partial charge < -0.3 is 14.6 Å². The zero-order valence-corrected chi connectivity index (χ0v) is 12.0. The largest absolute Gasteiger partial charge is 0.428 e. The van der Waals surface area contributed by atoms with E-state index < -0.39 is 24.2 Å². The fourth-order valence-corrected chi connectivity index (χ4v) is 2.56. The molecule has 0 saturated heterocycles. The fraction of sp³-hybridized carbons (Fsp3) is 0.0556. The maximum atomic E-state index is 11.6. The Balaban J connectivity index is 1.68. The first kappa shape index (κ1) is 14.2. The van der Waals surface area contributed by atoms with Gasteiger partial charge in [-0.3, -0.25) is 0 Å². The van der Waals surface area contributed by atoms with Gasteiger partial charge in [-0.2, -0.15) is 0 Å². The molecule has 6 nitrogen and oxygen atoms in total. The Kier molecular flexibility index (Phi) is 2.98. The molecule has 0 fully saturated rings. The average molecular weight is 320 g/mol. The van der Waals surface area contributed by atoms with Crippen LogP contribution in [0.1, 0.15) is 54.1 Å². The molecular formula is C18H8O6. The fourth-order valence-electron chi connectivity index (χ4n) is 2.56. The minimum absolute atomic E-state index is 0.187. The summed E-state index contributed by atoms with van der Waals surface area (Å²) in [7, 11) is 0. The number of carbonyl (C=O) groups excluding carboxylic acids is 3. The summed E-state index contributed by atoms with van der Waals surface area (Å²) in [4.78, 5) is 34.5. The molecule has 0 aromatic heterocycles. The van der Waals surface area contributed by atoms with E-state index in [4.69, 9.17) is 4.74 Å². The Hall–Kier alpha value is -3.43. The van der Waals surface area contributed by atoms with Crippen molar-refractivity contribution >= 4 is 17.9 Å². The zero-order valence-electron chi connectivity index (χ0n) is 12.0. The zero-order chi connectivity index (χ0) is 16.8. The summed E-state index contributed by atoms with van der Waals surface area (Å²) >= 11 is 0. The molecule has 116 valence electrons. The third-order valence-electron chi connectivity index (χ3n) is 3.75. The van der Waals surface area contributed by atoms with Gasteiger partial charge in [-0.15, -0.1) is 0 Å². The van der Waals surface area contributed by atoms with E-state index in [0.29, 0.717) is 16.7 Å². The predicted molar refractivity (Wildman–Crippen MR) is 79.0 cm³/mol. The van der Waals surface area contributed by atoms with Gasteiger partial charge in [-0.1, -0.05) is 17.9 Å². The van der Waals surface area contributed by atoms with Crippen LogP contribution in [-0.4, -0.2) is 23.0 Å². The van der Waals surface area contributed by atoms with Crippen molar-refractivity contribution in [3.05, 3.63) is 69.8 Å². The second-order valence-electron chi connectivity index (χ2n) is 5.25. The van der Waals surface area contributed by atoms with Crippen molar-refractivity contribution in [3.8, 4) is 11.8 Å². The maximum Gasteiger partial charge on any atom is 0.346 e. The highest BCUT2D eigenvalue weighted by Gasteiger charge is 2.30. The molecule has 2 aromatic rings. The number of aliphatic hydroxyl groups excluding tert-OH is 1. The molecule has 1 atom stereocenters. The molecule has 0 spiro atoms. The van der Waals surface area contributed by atoms with Gasteiger partial charge in [-0.05, 0) is 30.3 Å². The first-order valence-electron chi connectivity index (χ1n) is 6.98. The Morgan fingerprint density at radius 3 is 2.17 bits per heavy atom. The van der Waals surface area contributed by atoms with Gasteiger partial charge in [0.25, 0.3) is 0 Å². The number of carbonyl (C=O) groups is 3. The molecule has 2 heterocycles. The summed E-state index contributed by atoms with van der Waals surface area (Å²) < 4.78 is 9.23. The second kappa shape index (κ2) is 5.05. The molecule has 0 aliphatic carbocycles. The van der Waals surface area contributed by atoms with E-state index in [-0.39, 0.29) is 16.7 Å². The van der Waals surface area contributed by atoms with E-state index in [1.165, 1.54) is 18.2 Å². The number of hydrogen-bond acceptors (Lipinski definition) is 6. The lowest BCUT2D eigenvalue weighted by Gasteiger charge is -2.00. The summed E-state index contributed by atoms with van der Waals surface area (Å²) in [5.41, 5.74) is 2.18. The molecule has 2 aromatic carbocycles. The van der Waals surface area contributed by atoms with E-state index in [9.17, 15) is 19.5 Å². The van der Waals surface area contributed by atoms with E-state index in [1.807, 2.05) is 0 Å². The summed E-state index contributed by atoms with van der Waals surface area (Å²) in [5, 5.41) is 9.54. The lowest BCUT2D eigenvalue weighted by atomic mass is 10.0. The summed E-state index contributed by atoms with van der Waals surface area (Å²) in [6.45, 7) is 0. The first-order valence-corrected chi connectivity index (χ1v) is 6.98. The smallest absolute Gasteiger partial charge is 0.346 e. The van der Waals surface area contributed by atoms with E-state index in [1.54, 1.807) is 18.2 Å². The quantitative estimate of drug-likeness (QED) is 0.450. The number of rotatable bonds is 0. The topological polar surface area (TPSA) is 89.9 Å². The number of benzene rings is 2. The van der Waals surface area contributed by atoms with Gasteiger partial charge in [-0.25, -0.2) is 14.4 Å². The van der Waals surface area contributed by atoms with Crippen LogP contribution < -0.4 is 0 Å². The number of cyclic esters (lactones) is 3. The molecule has 2 aliphatic heterocycles. The number of ether oxygens (including phenoxy) is 2. The van der Waals surface area contributed by atoms with Crippen LogP contribution in [0.2, 0.25) is 0 Å². The lowest BCUT2D eigenvalue weighted by molar-refractivity contribution is -0.0547. The minimum Gasteiger partial charge on any atom is -0.428 e. The van der Waals surface area contributed by atoms with Crippen molar-refractivity contribution < 1.29 is 29.0 Å². The van der Waals surface area contributed by atoms with Crippen molar-refractivity contribution in [1.82, 2.24) is 0 Å². The van der Waals surface area contributed by atoms with Gasteiger partial charge in [0.15, 0.2) is 0 Å². The van der Waals surface area contributed by atoms with Gasteiger partial charge in [0.05, 0.1) is 16.7 Å². The SMILES string of the molecule is O=C1OC(=O)c2cc(C#Cc3ccc4c(c3)C(=O)OC4O)ccc21. The molecule has 4 rings (SSSR count). The predicted octanol–water partition coefficient (Wildman–Crippen LogP) is 1.56. The van der Waals surface area contributed by atoms with Crippen molar-refractivity contribution in [2.45, 2.75) is 6.29 Å². The van der Waals surface area contributed by atoms with Crippen LogP contribution in [-0.2, 0) is 9.47 Å². The highest BCUT2D eigenvalue weighted by Crippen LogP contribution is 2.29. The van der Waals surface area contributed by atoms with Gasteiger partial charge in [0, 0.05) is 16.7 Å². The Bertz CT molecular complexity index is 992. The Morgan fingerprint density at radius 1 is 0.792 bits per heavy atom. The summed E-state index contributed by atoms with van der Waals surface area (Å²) in [5.74, 6) is 3.78. The molecule has 6 heteroatoms. The van der Waals surface area contributed by atoms with Gasteiger partial charge in [0.2, 0.25) is 6.29 Å². The van der Waals surface area contributed by atoms with Crippen molar-refractivity contribution in [1.29, 1.82) is 0 Å². The molecule has 2 aliphatic rings. The summed E-state index contributed by atoms with van der Waals surface area (Å²) in [6, 6.07) is 9.35. The van der Waals surface area contributed by atoms with Crippen LogP contribution in [0.3, 0.4) is 0 Å². The maximum absolute atomic E-state index is 11.6. The Morgan fingerprint density at radius 2 is 1.42 bits per heavy atom. The Labute approximate surface area is 135 Å². The third-order valence-corrected chi connectivity index (χ3v) is 3.75. The van der Waals surface area contributed by atoms with Crippen LogP contribution in [0, 0.1) is 11.8 Å². The first-order chi connectivity index (χ1) is 11.5. The monoisotopic (exact) mass is 320 g/mol. The molecule has 0 saturated carbocycles. The molecular weight excluding hydrogens is 312 g/mol. The van der Waals surface area contributed by atoms with Crippen LogP contribution in [0.5, 0.6) is 0 Å². The summed E-state index contributed by atoms with van der Waals surface area (Å²) in [6.07, 6.45) is -1.24. The van der Waals surface area contributed by atoms with E-state index in [0.717, 1.165) is 0 Å². The van der Waals surface area contributed by atoms with Crippen LogP contribution >= 0.6 is 0 Å². The van der Waals surface area contributed by atoms with Gasteiger partial charge in [0.1, 0.15) is 0 Å². The number of esters is 3. The van der Waals surface area contributed by atoms with E-state index >= 15 is 0 Å². The normalized spacial score (nSPS) is 17.5. The van der Waals surface area contributed by atoms with Gasteiger partial charge >= 0.3 is 17.9 Å². The standard InChI is InChI=1S/C18H8O6/c19-15-11-5-3-9(7-13(11)17(21)23-15)1-2-10-4-6-12-14(8-10)18(22)24-16(12)20/h3-8,15,19H. The molecule has 1 unspecified atom stereocenters. The highest BCUT2D eigenvalue weighted by molar-refractivity contribution is 6.14. The van der Waals surface area contributed by atoms with Crippen LogP contribution in [0.25, 0.3) is 0 Å². The number of fused-ring (bicyclic) bond motifs is 2. The number of aliphatic hydroxyl groups is 1. The van der Waals surface area contributed by atoms with Crippen LogP contribution in [0.4, 0.5) is 0 Å². The van der Waals surface area contributed by atoms with Crippen molar-refractivity contribution in [3.63, 3.8) is 0 Å². The highest BCUT2D eigenvalue weighted by atomic mass is 16.6. The molecule has 0 amide bonds.